The van der Waals surface area contributed by atoms with Gasteiger partial charge in [0.2, 0.25) is 0 Å². The van der Waals surface area contributed by atoms with Crippen LogP contribution in [0, 0.1) is 5.92 Å². The fourth-order valence-electron chi connectivity index (χ4n) is 2.41. The van der Waals surface area contributed by atoms with Crippen LogP contribution < -0.4 is 11.1 Å². The lowest BCUT2D eigenvalue weighted by Gasteiger charge is -2.35. The molecule has 0 bridgehead atoms. The summed E-state index contributed by atoms with van der Waals surface area (Å²) in [5.74, 6) is 0.797. The summed E-state index contributed by atoms with van der Waals surface area (Å²) in [5.41, 5.74) is 5.05. The zero-order valence-corrected chi connectivity index (χ0v) is 11.1. The van der Waals surface area contributed by atoms with Gasteiger partial charge in [0.05, 0.1) is 11.8 Å². The van der Waals surface area contributed by atoms with Crippen LogP contribution in [0.25, 0.3) is 0 Å². The first kappa shape index (κ1) is 12.6. The molecule has 17 heavy (non-hydrogen) atoms. The number of nitrogens with zero attached hydrogens (tertiary/aromatic N) is 1. The van der Waals surface area contributed by atoms with Crippen molar-refractivity contribution in [3.63, 3.8) is 0 Å². The number of aromatic nitrogens is 1. The van der Waals surface area contributed by atoms with E-state index < -0.39 is 5.60 Å². The molecule has 1 aromatic rings. The fourth-order valence-corrected chi connectivity index (χ4v) is 2.99. The summed E-state index contributed by atoms with van der Waals surface area (Å²) in [7, 11) is 0. The Balaban J connectivity index is 1.82. The number of thiazole rings is 1. The van der Waals surface area contributed by atoms with Gasteiger partial charge in [-0.15, -0.1) is 0 Å². The number of nitrogen functional groups attached to an aromatic ring is 1. The van der Waals surface area contributed by atoms with E-state index in [-0.39, 0.29) is 0 Å². The lowest BCUT2D eigenvalue weighted by atomic mass is 9.78. The summed E-state index contributed by atoms with van der Waals surface area (Å²) in [6, 6.07) is 0. The normalized spacial score (nSPS) is 29.2. The van der Waals surface area contributed by atoms with E-state index in [2.05, 4.69) is 17.2 Å². The SMILES string of the molecule is CCC1CCC(O)(CNc2ncc(N)s2)CC1. The Bertz CT molecular complexity index is 358. The maximum Gasteiger partial charge on any atom is 0.184 e. The van der Waals surface area contributed by atoms with Crippen LogP contribution in [-0.4, -0.2) is 22.2 Å². The summed E-state index contributed by atoms with van der Waals surface area (Å²) < 4.78 is 0. The van der Waals surface area contributed by atoms with Crippen molar-refractivity contribution in [2.45, 2.75) is 44.6 Å². The maximum atomic E-state index is 10.4. The molecule has 1 aliphatic rings. The van der Waals surface area contributed by atoms with Crippen LogP contribution in [-0.2, 0) is 0 Å². The molecule has 1 heterocycles. The average Bonchev–Trinajstić information content (AvgIpc) is 2.74. The number of hydrogen-bond donors (Lipinski definition) is 3. The van der Waals surface area contributed by atoms with Crippen LogP contribution >= 0.6 is 11.3 Å². The Labute approximate surface area is 106 Å². The van der Waals surface area contributed by atoms with Crippen molar-refractivity contribution in [3.05, 3.63) is 6.20 Å². The number of nitrogens with one attached hydrogen (secondary N) is 1. The molecule has 0 spiro atoms. The van der Waals surface area contributed by atoms with Crippen LogP contribution in [0.1, 0.15) is 39.0 Å². The maximum absolute atomic E-state index is 10.4. The quantitative estimate of drug-likeness (QED) is 0.773. The van der Waals surface area contributed by atoms with Crippen LogP contribution in [0.5, 0.6) is 0 Å². The van der Waals surface area contributed by atoms with Gasteiger partial charge in [-0.1, -0.05) is 24.7 Å². The summed E-state index contributed by atoms with van der Waals surface area (Å²) in [5, 5.41) is 15.1. The number of nitrogens with two attached hydrogens (primary N) is 1. The molecule has 4 N–H and O–H groups in total. The highest BCUT2D eigenvalue weighted by atomic mass is 32.1. The van der Waals surface area contributed by atoms with Gasteiger partial charge in [-0.2, -0.15) is 0 Å². The molecular weight excluding hydrogens is 234 g/mol. The Hall–Kier alpha value is -0.810. The number of anilines is 2. The molecule has 2 rings (SSSR count). The van der Waals surface area contributed by atoms with Crippen molar-refractivity contribution in [3.8, 4) is 0 Å². The van der Waals surface area contributed by atoms with E-state index in [1.165, 1.54) is 17.8 Å². The Morgan fingerprint density at radius 1 is 1.59 bits per heavy atom. The zero-order chi connectivity index (χ0) is 12.3. The zero-order valence-electron chi connectivity index (χ0n) is 10.3. The molecule has 4 nitrogen and oxygen atoms in total. The van der Waals surface area contributed by atoms with E-state index in [1.807, 2.05) is 0 Å². The van der Waals surface area contributed by atoms with E-state index in [0.29, 0.717) is 11.5 Å². The molecule has 96 valence electrons. The summed E-state index contributed by atoms with van der Waals surface area (Å²) >= 11 is 1.42. The lowest BCUT2D eigenvalue weighted by Crippen LogP contribution is -2.40. The van der Waals surface area contributed by atoms with Crippen molar-refractivity contribution in [1.82, 2.24) is 4.98 Å². The van der Waals surface area contributed by atoms with Crippen LogP contribution in [0.2, 0.25) is 0 Å². The lowest BCUT2D eigenvalue weighted by molar-refractivity contribution is 0.00229. The van der Waals surface area contributed by atoms with Gasteiger partial charge in [0, 0.05) is 6.54 Å². The van der Waals surface area contributed by atoms with Gasteiger partial charge in [0.1, 0.15) is 5.00 Å². The minimum absolute atomic E-state index is 0.563. The minimum atomic E-state index is -0.563. The second kappa shape index (κ2) is 5.23. The second-order valence-corrected chi connectivity index (χ2v) is 6.06. The first-order chi connectivity index (χ1) is 8.11. The third kappa shape index (κ3) is 3.33. The third-order valence-electron chi connectivity index (χ3n) is 3.71. The van der Waals surface area contributed by atoms with Gasteiger partial charge < -0.3 is 16.2 Å². The molecule has 0 radical (unpaired) electrons. The number of rotatable bonds is 4. The first-order valence-electron chi connectivity index (χ1n) is 6.29. The van der Waals surface area contributed by atoms with Crippen molar-refractivity contribution >= 4 is 21.5 Å². The Kier molecular flexibility index (Phi) is 3.89. The van der Waals surface area contributed by atoms with Gasteiger partial charge in [-0.05, 0) is 31.6 Å². The Morgan fingerprint density at radius 3 is 2.82 bits per heavy atom. The molecule has 0 aliphatic heterocycles. The fraction of sp³-hybridized carbons (Fsp3) is 0.750. The van der Waals surface area contributed by atoms with E-state index in [1.54, 1.807) is 6.20 Å². The molecule has 0 atom stereocenters. The smallest absolute Gasteiger partial charge is 0.184 e. The van der Waals surface area contributed by atoms with Gasteiger partial charge in [0.15, 0.2) is 5.13 Å². The predicted molar refractivity (Wildman–Crippen MR) is 72.2 cm³/mol. The van der Waals surface area contributed by atoms with E-state index >= 15 is 0 Å². The van der Waals surface area contributed by atoms with E-state index in [0.717, 1.165) is 36.7 Å². The molecule has 0 saturated heterocycles. The van der Waals surface area contributed by atoms with Gasteiger partial charge in [-0.25, -0.2) is 4.98 Å². The highest BCUT2D eigenvalue weighted by Gasteiger charge is 2.32. The van der Waals surface area contributed by atoms with Gasteiger partial charge in [-0.3, -0.25) is 0 Å². The summed E-state index contributed by atoms with van der Waals surface area (Å²) in [6.07, 6.45) is 6.92. The third-order valence-corrected chi connectivity index (χ3v) is 4.49. The largest absolute Gasteiger partial charge is 0.389 e. The second-order valence-electron chi connectivity index (χ2n) is 5.00. The molecule has 5 heteroatoms. The van der Waals surface area contributed by atoms with Gasteiger partial charge >= 0.3 is 0 Å². The van der Waals surface area contributed by atoms with Crippen LogP contribution in [0.4, 0.5) is 10.1 Å². The van der Waals surface area contributed by atoms with Crippen LogP contribution in [0.15, 0.2) is 6.20 Å². The van der Waals surface area contributed by atoms with E-state index in [9.17, 15) is 5.11 Å². The summed E-state index contributed by atoms with van der Waals surface area (Å²) in [4.78, 5) is 4.13. The highest BCUT2D eigenvalue weighted by molar-refractivity contribution is 7.19. The Morgan fingerprint density at radius 2 is 2.29 bits per heavy atom. The molecule has 0 amide bonds. The van der Waals surface area contributed by atoms with Crippen molar-refractivity contribution in [2.24, 2.45) is 5.92 Å². The van der Waals surface area contributed by atoms with E-state index in [4.69, 9.17) is 5.73 Å². The topological polar surface area (TPSA) is 71.2 Å². The van der Waals surface area contributed by atoms with Crippen molar-refractivity contribution < 1.29 is 5.11 Å². The predicted octanol–water partition coefficient (Wildman–Crippen LogP) is 2.47. The number of aliphatic hydroxyl groups is 1. The van der Waals surface area contributed by atoms with Gasteiger partial charge in [0.25, 0.3) is 0 Å². The van der Waals surface area contributed by atoms with Crippen molar-refractivity contribution in [2.75, 3.05) is 17.6 Å². The molecule has 0 aromatic carbocycles. The minimum Gasteiger partial charge on any atom is -0.389 e. The standard InChI is InChI=1S/C12H21N3OS/c1-2-9-3-5-12(16,6-4-9)8-15-11-14-7-10(13)17-11/h7,9,16H,2-6,8,13H2,1H3,(H,14,15). The van der Waals surface area contributed by atoms with Crippen LogP contribution in [0.3, 0.4) is 0 Å². The molecule has 0 unspecified atom stereocenters. The summed E-state index contributed by atoms with van der Waals surface area (Å²) in [6.45, 7) is 2.81. The molecule has 1 saturated carbocycles. The monoisotopic (exact) mass is 255 g/mol. The molecule has 1 fully saturated rings. The molecule has 1 aliphatic carbocycles. The first-order valence-corrected chi connectivity index (χ1v) is 7.10. The molecular formula is C12H21N3OS. The van der Waals surface area contributed by atoms with Crippen molar-refractivity contribution in [1.29, 1.82) is 0 Å². The molecule has 1 aromatic heterocycles. The average molecular weight is 255 g/mol. The highest BCUT2D eigenvalue weighted by Crippen LogP contribution is 2.34. The number of hydrogen-bond acceptors (Lipinski definition) is 5.